The highest BCUT2D eigenvalue weighted by Crippen LogP contribution is 2.33. The molecule has 0 atom stereocenters. The number of aromatic nitrogens is 2. The fourth-order valence-electron chi connectivity index (χ4n) is 2.50. The topological polar surface area (TPSA) is 69.8 Å². The Morgan fingerprint density at radius 3 is 2.72 bits per heavy atom. The number of rotatable bonds is 4. The van der Waals surface area contributed by atoms with Crippen LogP contribution in [0.15, 0.2) is 6.07 Å². The molecule has 1 amide bonds. The van der Waals surface area contributed by atoms with E-state index in [-0.39, 0.29) is 11.3 Å². The molecule has 1 aromatic rings. The molecule has 0 aliphatic carbocycles. The number of nitrogens with zero attached hydrogens (tertiary/aromatic N) is 1. The summed E-state index contributed by atoms with van der Waals surface area (Å²) >= 11 is 0. The number of piperidine rings is 1. The quantitative estimate of drug-likeness (QED) is 0.761. The molecule has 100 valence electrons. The Morgan fingerprint density at radius 2 is 2.17 bits per heavy atom. The average molecular weight is 250 g/mol. The van der Waals surface area contributed by atoms with Crippen LogP contribution in [0.3, 0.4) is 0 Å². The minimum Gasteiger partial charge on any atom is -0.317 e. The first-order chi connectivity index (χ1) is 8.70. The van der Waals surface area contributed by atoms with Gasteiger partial charge in [-0.25, -0.2) is 0 Å². The summed E-state index contributed by atoms with van der Waals surface area (Å²) in [4.78, 5) is 12.4. The number of anilines is 1. The molecule has 1 aliphatic rings. The molecule has 1 aliphatic heterocycles. The summed E-state index contributed by atoms with van der Waals surface area (Å²) in [5.74, 6) is 0.754. The monoisotopic (exact) mass is 250 g/mol. The zero-order chi connectivity index (χ0) is 13.0. The van der Waals surface area contributed by atoms with E-state index in [1.54, 1.807) is 0 Å². The Labute approximate surface area is 108 Å². The third-order valence-electron chi connectivity index (χ3n) is 3.97. The van der Waals surface area contributed by atoms with E-state index in [9.17, 15) is 4.79 Å². The Balaban J connectivity index is 2.05. The van der Waals surface area contributed by atoms with Crippen LogP contribution in [-0.4, -0.2) is 29.2 Å². The number of H-pyrrole nitrogens is 1. The highest BCUT2D eigenvalue weighted by Gasteiger charge is 2.37. The molecular weight excluding hydrogens is 228 g/mol. The van der Waals surface area contributed by atoms with Crippen molar-refractivity contribution in [2.45, 2.75) is 39.5 Å². The lowest BCUT2D eigenvalue weighted by Crippen LogP contribution is -2.44. The zero-order valence-electron chi connectivity index (χ0n) is 11.2. The number of carbonyl (C=O) groups is 1. The number of amides is 1. The van der Waals surface area contributed by atoms with E-state index in [0.29, 0.717) is 5.82 Å². The second-order valence-corrected chi connectivity index (χ2v) is 4.97. The van der Waals surface area contributed by atoms with Gasteiger partial charge in [-0.1, -0.05) is 13.8 Å². The molecule has 5 heteroatoms. The van der Waals surface area contributed by atoms with E-state index in [4.69, 9.17) is 0 Å². The van der Waals surface area contributed by atoms with Gasteiger partial charge in [0, 0.05) is 11.8 Å². The molecule has 3 N–H and O–H groups in total. The van der Waals surface area contributed by atoms with E-state index in [0.717, 1.165) is 44.5 Å². The first-order valence-corrected chi connectivity index (χ1v) is 6.76. The van der Waals surface area contributed by atoms with E-state index in [2.05, 4.69) is 34.7 Å². The second-order valence-electron chi connectivity index (χ2n) is 4.97. The summed E-state index contributed by atoms with van der Waals surface area (Å²) < 4.78 is 0. The lowest BCUT2D eigenvalue weighted by molar-refractivity contribution is -0.127. The normalized spacial score (nSPS) is 18.6. The van der Waals surface area contributed by atoms with Gasteiger partial charge in [-0.3, -0.25) is 9.89 Å². The van der Waals surface area contributed by atoms with Crippen LogP contribution in [0.1, 0.15) is 38.8 Å². The lowest BCUT2D eigenvalue weighted by atomic mass is 9.76. The van der Waals surface area contributed by atoms with Crippen molar-refractivity contribution in [3.63, 3.8) is 0 Å². The summed E-state index contributed by atoms with van der Waals surface area (Å²) in [7, 11) is 0. The van der Waals surface area contributed by atoms with Crippen LogP contribution in [0.25, 0.3) is 0 Å². The average Bonchev–Trinajstić information content (AvgIpc) is 2.87. The van der Waals surface area contributed by atoms with Crippen molar-refractivity contribution in [2.75, 3.05) is 18.4 Å². The molecule has 18 heavy (non-hydrogen) atoms. The number of aromatic amines is 1. The van der Waals surface area contributed by atoms with E-state index >= 15 is 0 Å². The van der Waals surface area contributed by atoms with E-state index in [1.165, 1.54) is 0 Å². The van der Waals surface area contributed by atoms with Gasteiger partial charge in [0.15, 0.2) is 5.82 Å². The van der Waals surface area contributed by atoms with Gasteiger partial charge in [-0.15, -0.1) is 0 Å². The Morgan fingerprint density at radius 1 is 1.44 bits per heavy atom. The van der Waals surface area contributed by atoms with Gasteiger partial charge < -0.3 is 10.6 Å². The van der Waals surface area contributed by atoms with Crippen LogP contribution in [0.5, 0.6) is 0 Å². The maximum Gasteiger partial charge on any atom is 0.231 e. The summed E-state index contributed by atoms with van der Waals surface area (Å²) in [6.45, 7) is 5.98. The van der Waals surface area contributed by atoms with E-state index in [1.807, 2.05) is 6.07 Å². The smallest absolute Gasteiger partial charge is 0.231 e. The van der Waals surface area contributed by atoms with Crippen molar-refractivity contribution in [3.05, 3.63) is 11.8 Å². The number of hydrogen-bond acceptors (Lipinski definition) is 3. The van der Waals surface area contributed by atoms with Crippen molar-refractivity contribution >= 4 is 11.7 Å². The van der Waals surface area contributed by atoms with Gasteiger partial charge in [0.05, 0.1) is 5.41 Å². The summed E-state index contributed by atoms with van der Waals surface area (Å²) in [5.41, 5.74) is 0.817. The van der Waals surface area contributed by atoms with Crippen LogP contribution in [0.2, 0.25) is 0 Å². The highest BCUT2D eigenvalue weighted by molar-refractivity contribution is 5.94. The maximum absolute atomic E-state index is 12.4. The molecule has 2 rings (SSSR count). The predicted molar refractivity (Wildman–Crippen MR) is 71.4 cm³/mol. The molecule has 2 heterocycles. The molecule has 1 fully saturated rings. The molecule has 0 spiro atoms. The van der Waals surface area contributed by atoms with Crippen molar-refractivity contribution < 1.29 is 4.79 Å². The standard InChI is InChI=1S/C13H22N4O/c1-3-10-9-11(17-16-10)15-12(18)13(4-2)5-7-14-8-6-13/h9,14H,3-8H2,1-2H3,(H2,15,16,17,18). The molecule has 1 aromatic heterocycles. The first kappa shape index (κ1) is 13.1. The van der Waals surface area contributed by atoms with Crippen LogP contribution in [0.4, 0.5) is 5.82 Å². The van der Waals surface area contributed by atoms with Gasteiger partial charge in [-0.2, -0.15) is 5.10 Å². The van der Waals surface area contributed by atoms with Crippen molar-refractivity contribution in [2.24, 2.45) is 5.41 Å². The molecule has 0 radical (unpaired) electrons. The van der Waals surface area contributed by atoms with Gasteiger partial charge in [0.2, 0.25) is 5.91 Å². The fraction of sp³-hybridized carbons (Fsp3) is 0.692. The van der Waals surface area contributed by atoms with Gasteiger partial charge >= 0.3 is 0 Å². The van der Waals surface area contributed by atoms with E-state index < -0.39 is 0 Å². The summed E-state index contributed by atoms with van der Waals surface area (Å²) in [6, 6.07) is 1.91. The molecular formula is C13H22N4O. The largest absolute Gasteiger partial charge is 0.317 e. The highest BCUT2D eigenvalue weighted by atomic mass is 16.2. The summed E-state index contributed by atoms with van der Waals surface area (Å²) in [6.07, 6.45) is 3.58. The third kappa shape index (κ3) is 2.56. The maximum atomic E-state index is 12.4. The lowest BCUT2D eigenvalue weighted by Gasteiger charge is -2.35. The molecule has 1 saturated heterocycles. The van der Waals surface area contributed by atoms with Crippen molar-refractivity contribution in [1.29, 1.82) is 0 Å². The van der Waals surface area contributed by atoms with Crippen molar-refractivity contribution in [1.82, 2.24) is 15.5 Å². The molecule has 0 bridgehead atoms. The molecule has 0 unspecified atom stereocenters. The van der Waals surface area contributed by atoms with Crippen molar-refractivity contribution in [3.8, 4) is 0 Å². The molecule has 0 saturated carbocycles. The number of carbonyl (C=O) groups excluding carboxylic acids is 1. The second kappa shape index (κ2) is 5.52. The van der Waals surface area contributed by atoms with Crippen LogP contribution in [-0.2, 0) is 11.2 Å². The Bertz CT molecular complexity index is 407. The molecule has 0 aromatic carbocycles. The van der Waals surface area contributed by atoms with Crippen LogP contribution in [0, 0.1) is 5.41 Å². The minimum absolute atomic E-state index is 0.112. The fourth-order valence-corrected chi connectivity index (χ4v) is 2.50. The van der Waals surface area contributed by atoms with Crippen LogP contribution < -0.4 is 10.6 Å². The van der Waals surface area contributed by atoms with Gasteiger partial charge in [0.1, 0.15) is 0 Å². The Hall–Kier alpha value is -1.36. The Kier molecular flexibility index (Phi) is 4.01. The number of aryl methyl sites for hydroxylation is 1. The third-order valence-corrected chi connectivity index (χ3v) is 3.97. The number of hydrogen-bond donors (Lipinski definition) is 3. The SMILES string of the molecule is CCc1cc(NC(=O)C2(CC)CCNCC2)n[nH]1. The zero-order valence-corrected chi connectivity index (χ0v) is 11.2. The van der Waals surface area contributed by atoms with Gasteiger partial charge in [-0.05, 0) is 38.8 Å². The first-order valence-electron chi connectivity index (χ1n) is 6.76. The molecule has 5 nitrogen and oxygen atoms in total. The number of nitrogens with one attached hydrogen (secondary N) is 3. The van der Waals surface area contributed by atoms with Crippen LogP contribution >= 0.6 is 0 Å². The predicted octanol–water partition coefficient (Wildman–Crippen LogP) is 1.69. The minimum atomic E-state index is -0.226. The summed E-state index contributed by atoms with van der Waals surface area (Å²) in [5, 5.41) is 13.3. The van der Waals surface area contributed by atoms with Gasteiger partial charge in [0.25, 0.3) is 0 Å².